The van der Waals surface area contributed by atoms with Gasteiger partial charge in [-0.05, 0) is 148 Å². The maximum absolute atomic E-state index is 12.0. The molecule has 0 saturated carbocycles. The van der Waals surface area contributed by atoms with E-state index in [2.05, 4.69) is 59.7 Å². The van der Waals surface area contributed by atoms with Crippen LogP contribution in [0.2, 0.25) is 0 Å². The number of aryl methyl sites for hydroxylation is 3. The van der Waals surface area contributed by atoms with Gasteiger partial charge in [-0.3, -0.25) is 9.55 Å². The molecule has 0 radical (unpaired) electrons. The van der Waals surface area contributed by atoms with Gasteiger partial charge in [-0.15, -0.1) is 0 Å². The molecule has 2 heterocycles. The average Bonchev–Trinajstić information content (AvgIpc) is 3.73. The van der Waals surface area contributed by atoms with E-state index >= 15 is 0 Å². The molecule has 0 amide bonds. The van der Waals surface area contributed by atoms with Crippen molar-refractivity contribution in [2.45, 2.75) is 79.9 Å². The molecule has 0 bridgehead atoms. The van der Waals surface area contributed by atoms with Crippen molar-refractivity contribution in [2.75, 3.05) is 0 Å². The molecule has 4 nitrogen and oxygen atoms in total. The largest absolute Gasteiger partial charge is 0.507 e. The smallest absolute Gasteiger partial charge is 0.149 e. The van der Waals surface area contributed by atoms with Gasteiger partial charge in [0.2, 0.25) is 0 Å². The van der Waals surface area contributed by atoms with Crippen LogP contribution >= 0.6 is 0 Å². The SMILES string of the molecule is [2H]c1c([2H])c(C([2H])([2H])[2H])c([2H])c([2H])c1-c1ccnc(-c2cc(-c3cccc4c3nc(-c3cc(C)cc(C)c3O)n4-c3cc(-c4ccccc4)c(C([2H])([2H])[2H])cc3-c3ccc(C(C)(C)C)cc3)cc(C(C)(C)C)c2)c1. The van der Waals surface area contributed by atoms with Crippen molar-refractivity contribution in [3.8, 4) is 78.6 Å². The number of imidazole rings is 1. The first-order valence-corrected chi connectivity index (χ1v) is 21.5. The summed E-state index contributed by atoms with van der Waals surface area (Å²) in [6.45, 7) is 11.3. The molecular weight excluding hydrogens is 779 g/mol. The lowest BCUT2D eigenvalue weighted by molar-refractivity contribution is 0.472. The van der Waals surface area contributed by atoms with Crippen LogP contribution in [0.3, 0.4) is 0 Å². The minimum absolute atomic E-state index is 0.0341. The molecule has 9 rings (SSSR count). The number of phenolic OH excluding ortho intramolecular Hbond substituents is 1. The van der Waals surface area contributed by atoms with Crippen molar-refractivity contribution < 1.29 is 18.8 Å². The third-order valence-electron chi connectivity index (χ3n) is 12.0. The van der Waals surface area contributed by atoms with Crippen LogP contribution in [-0.2, 0) is 10.8 Å². The molecule has 4 heteroatoms. The first-order valence-electron chi connectivity index (χ1n) is 26.5. The van der Waals surface area contributed by atoms with Crippen molar-refractivity contribution in [1.82, 2.24) is 14.5 Å². The van der Waals surface area contributed by atoms with Gasteiger partial charge < -0.3 is 5.11 Å². The number of para-hydroxylation sites is 1. The fourth-order valence-corrected chi connectivity index (χ4v) is 8.46. The number of phenols is 1. The Morgan fingerprint density at radius 1 is 0.531 bits per heavy atom. The lowest BCUT2D eigenvalue weighted by atomic mass is 9.83. The van der Waals surface area contributed by atoms with Crippen molar-refractivity contribution in [2.24, 2.45) is 0 Å². The summed E-state index contributed by atoms with van der Waals surface area (Å²) in [5.74, 6) is 0.501. The molecule has 7 aromatic carbocycles. The first-order chi connectivity index (χ1) is 34.6. The zero-order valence-corrected chi connectivity index (χ0v) is 37.5. The Hall–Kier alpha value is -7.04. The summed E-state index contributed by atoms with van der Waals surface area (Å²) in [6, 6.07) is 38.5. The second-order valence-corrected chi connectivity index (χ2v) is 18.8. The highest BCUT2D eigenvalue weighted by Gasteiger charge is 2.26. The Balaban J connectivity index is 1.35. The molecule has 0 aliphatic heterocycles. The molecule has 2 aromatic heterocycles. The minimum atomic E-state index is -2.85. The van der Waals surface area contributed by atoms with Gasteiger partial charge in [0.1, 0.15) is 11.6 Å². The van der Waals surface area contributed by atoms with E-state index < -0.39 is 43.4 Å². The van der Waals surface area contributed by atoms with Crippen LogP contribution < -0.4 is 0 Å². The standard InChI is InChI=1S/C60H57N3O/c1-37-19-21-41(22-20-37)44-27-28-61-53(35-44)46-32-45(33-48(34-46)60(8,9)10)49-17-14-18-54-56(49)62-58(52-30-38(2)29-40(4)57(52)64)63(54)55-36-50(42-15-12-11-13-16-42)39(3)31-51(55)43-23-25-47(26-24-43)59(5,6)7/h11-36,64H,1-10H3/i1D3,3D3,19D,20D,21D,22D. The first kappa shape index (κ1) is 31.7. The number of fused-ring (bicyclic) bond motifs is 1. The van der Waals surface area contributed by atoms with E-state index in [1.807, 2.05) is 109 Å². The molecule has 318 valence electrons. The number of aromatic nitrogens is 3. The van der Waals surface area contributed by atoms with E-state index in [1.54, 1.807) is 18.2 Å². The van der Waals surface area contributed by atoms with Crippen LogP contribution in [0.15, 0.2) is 158 Å². The molecule has 9 aromatic rings. The Labute approximate surface area is 393 Å². The lowest BCUT2D eigenvalue weighted by Gasteiger charge is -2.22. The molecule has 0 aliphatic rings. The number of rotatable bonds is 7. The maximum atomic E-state index is 12.0. The Morgan fingerprint density at radius 2 is 1.25 bits per heavy atom. The summed E-state index contributed by atoms with van der Waals surface area (Å²) >= 11 is 0. The molecule has 0 unspecified atom stereocenters. The van der Waals surface area contributed by atoms with Crippen LogP contribution in [0.5, 0.6) is 5.75 Å². The summed E-state index contributed by atoms with van der Waals surface area (Å²) in [5.41, 5.74) is 10.9. The third-order valence-corrected chi connectivity index (χ3v) is 12.0. The molecule has 0 fully saturated rings. The van der Waals surface area contributed by atoms with E-state index in [4.69, 9.17) is 23.7 Å². The number of hydrogen-bond acceptors (Lipinski definition) is 3. The van der Waals surface area contributed by atoms with Crippen LogP contribution in [0, 0.1) is 27.6 Å². The topological polar surface area (TPSA) is 50.9 Å². The van der Waals surface area contributed by atoms with Crippen LogP contribution in [0.1, 0.15) is 88.6 Å². The Bertz CT molecular complexity index is 3640. The fraction of sp³-hybridized carbons (Fsp3) is 0.200. The predicted octanol–water partition coefficient (Wildman–Crippen LogP) is 16.0. The summed E-state index contributed by atoms with van der Waals surface area (Å²) in [6.07, 6.45) is 1.54. The van der Waals surface area contributed by atoms with Gasteiger partial charge in [-0.25, -0.2) is 4.98 Å². The molecule has 0 aliphatic carbocycles. The normalized spacial score (nSPS) is 14.6. The Morgan fingerprint density at radius 3 is 1.95 bits per heavy atom. The predicted molar refractivity (Wildman–Crippen MR) is 269 cm³/mol. The summed E-state index contributed by atoms with van der Waals surface area (Å²) in [5, 5.41) is 12.0. The van der Waals surface area contributed by atoms with Crippen LogP contribution in [0.25, 0.3) is 83.9 Å². The molecule has 0 spiro atoms. The molecular formula is C60H57N3O. The van der Waals surface area contributed by atoms with E-state index in [9.17, 15) is 5.11 Å². The summed E-state index contributed by atoms with van der Waals surface area (Å²) < 4.78 is 87.4. The average molecular weight is 846 g/mol. The second-order valence-electron chi connectivity index (χ2n) is 18.8. The number of pyridine rings is 1. The van der Waals surface area contributed by atoms with Gasteiger partial charge in [-0.2, -0.15) is 0 Å². The highest BCUT2D eigenvalue weighted by molar-refractivity contribution is 5.98. The monoisotopic (exact) mass is 846 g/mol. The number of benzene rings is 7. The van der Waals surface area contributed by atoms with Crippen molar-refractivity contribution in [3.05, 3.63) is 191 Å². The second kappa shape index (κ2) is 16.3. The van der Waals surface area contributed by atoms with Gasteiger partial charge in [0, 0.05) is 31.1 Å². The molecule has 0 atom stereocenters. The number of aromatic hydroxyl groups is 1. The maximum Gasteiger partial charge on any atom is 0.149 e. The van der Waals surface area contributed by atoms with E-state index in [0.717, 1.165) is 38.9 Å². The van der Waals surface area contributed by atoms with Crippen LogP contribution in [-0.4, -0.2) is 19.6 Å². The quantitative estimate of drug-likeness (QED) is 0.174. The summed E-state index contributed by atoms with van der Waals surface area (Å²) in [7, 11) is 0. The molecule has 0 saturated heterocycles. The van der Waals surface area contributed by atoms with Gasteiger partial charge >= 0.3 is 0 Å². The number of hydrogen-bond donors (Lipinski definition) is 1. The third kappa shape index (κ3) is 8.05. The van der Waals surface area contributed by atoms with E-state index in [1.165, 1.54) is 6.20 Å². The van der Waals surface area contributed by atoms with E-state index in [0.29, 0.717) is 61.6 Å². The lowest BCUT2D eigenvalue weighted by Crippen LogP contribution is -2.11. The highest BCUT2D eigenvalue weighted by atomic mass is 16.3. The van der Waals surface area contributed by atoms with Gasteiger partial charge in [-0.1, -0.05) is 150 Å². The highest BCUT2D eigenvalue weighted by Crippen LogP contribution is 2.44. The van der Waals surface area contributed by atoms with Crippen LogP contribution in [0.4, 0.5) is 0 Å². The van der Waals surface area contributed by atoms with Gasteiger partial charge in [0.25, 0.3) is 0 Å². The van der Waals surface area contributed by atoms with Crippen molar-refractivity contribution in [3.63, 3.8) is 0 Å². The van der Waals surface area contributed by atoms with Gasteiger partial charge in [0.05, 0.1) is 33.5 Å². The zero-order chi connectivity index (χ0) is 53.6. The minimum Gasteiger partial charge on any atom is -0.507 e. The fourth-order valence-electron chi connectivity index (χ4n) is 8.46. The summed E-state index contributed by atoms with van der Waals surface area (Å²) in [4.78, 5) is 10.3. The Kier molecular flexibility index (Phi) is 8.06. The van der Waals surface area contributed by atoms with E-state index in [-0.39, 0.29) is 27.7 Å². The molecule has 64 heavy (non-hydrogen) atoms. The zero-order valence-electron chi connectivity index (χ0n) is 47.5. The van der Waals surface area contributed by atoms with Gasteiger partial charge in [0.15, 0.2) is 0 Å². The molecule has 1 N–H and O–H groups in total. The van der Waals surface area contributed by atoms with Crippen molar-refractivity contribution >= 4 is 11.0 Å². The number of nitrogens with zero attached hydrogens (tertiary/aromatic N) is 3. The van der Waals surface area contributed by atoms with Crippen molar-refractivity contribution in [1.29, 1.82) is 0 Å².